The summed E-state index contributed by atoms with van der Waals surface area (Å²) >= 11 is 0. The normalized spacial score (nSPS) is 12.1. The quantitative estimate of drug-likeness (QED) is 0.550. The number of halogens is 2. The first-order chi connectivity index (χ1) is 13.7. The van der Waals surface area contributed by atoms with Gasteiger partial charge in [-0.05, 0) is 41.5 Å². The van der Waals surface area contributed by atoms with Gasteiger partial charge >= 0.3 is 0 Å². The molecule has 1 atom stereocenters. The van der Waals surface area contributed by atoms with Crippen LogP contribution in [0.3, 0.4) is 0 Å². The van der Waals surface area contributed by atoms with E-state index in [2.05, 4.69) is 20.3 Å². The molecule has 0 radical (unpaired) electrons. The lowest BCUT2D eigenvalue weighted by Crippen LogP contribution is -2.30. The van der Waals surface area contributed by atoms with Gasteiger partial charge in [0.25, 0.3) is 5.91 Å². The van der Waals surface area contributed by atoms with Gasteiger partial charge in [0.05, 0.1) is 23.4 Å². The summed E-state index contributed by atoms with van der Waals surface area (Å²) in [5.74, 6) is -0.931. The van der Waals surface area contributed by atoms with E-state index in [0.717, 1.165) is 5.52 Å². The van der Waals surface area contributed by atoms with Gasteiger partial charge < -0.3 is 10.3 Å². The second-order valence-electron chi connectivity index (χ2n) is 6.29. The van der Waals surface area contributed by atoms with E-state index in [1.54, 1.807) is 48.8 Å². The second-order valence-corrected chi connectivity index (χ2v) is 6.29. The number of nitrogens with zero attached hydrogens (tertiary/aromatic N) is 2. The van der Waals surface area contributed by atoms with Crippen LogP contribution in [-0.2, 0) is 6.67 Å². The number of carbonyl (C=O) groups excluding carboxylic acids is 1. The summed E-state index contributed by atoms with van der Waals surface area (Å²) in [4.78, 5) is 24.1. The van der Waals surface area contributed by atoms with E-state index >= 15 is 0 Å². The van der Waals surface area contributed by atoms with Crippen molar-refractivity contribution in [2.45, 2.75) is 12.7 Å². The van der Waals surface area contributed by atoms with Crippen molar-refractivity contribution in [3.8, 4) is 0 Å². The lowest BCUT2D eigenvalue weighted by Gasteiger charge is -2.20. The minimum Gasteiger partial charge on any atom is -0.345 e. The maximum Gasteiger partial charge on any atom is 0.252 e. The molecule has 0 saturated heterocycles. The molecule has 2 aromatic heterocycles. The average Bonchev–Trinajstić information content (AvgIpc) is 3.20. The Bertz CT molecular complexity index is 1120. The number of alkyl halides is 1. The topological polar surface area (TPSA) is 70.7 Å². The first kappa shape index (κ1) is 17.8. The van der Waals surface area contributed by atoms with Crippen LogP contribution in [0.2, 0.25) is 0 Å². The maximum absolute atomic E-state index is 14.4. The summed E-state index contributed by atoms with van der Waals surface area (Å²) < 4.78 is 27.2. The van der Waals surface area contributed by atoms with Gasteiger partial charge in [0.2, 0.25) is 0 Å². The Balaban J connectivity index is 1.70. The highest BCUT2D eigenvalue weighted by atomic mass is 19.1. The van der Waals surface area contributed by atoms with E-state index in [9.17, 15) is 13.6 Å². The minimum absolute atomic E-state index is 0.0877. The van der Waals surface area contributed by atoms with E-state index in [1.807, 2.05) is 0 Å². The smallest absolute Gasteiger partial charge is 0.252 e. The number of amides is 1. The molecule has 0 aliphatic carbocycles. The van der Waals surface area contributed by atoms with Crippen molar-refractivity contribution in [3.05, 3.63) is 95.3 Å². The molecule has 140 valence electrons. The van der Waals surface area contributed by atoms with Crippen LogP contribution in [0.4, 0.5) is 8.78 Å². The van der Waals surface area contributed by atoms with Crippen LogP contribution in [0.5, 0.6) is 0 Å². The monoisotopic (exact) mass is 378 g/mol. The van der Waals surface area contributed by atoms with E-state index in [0.29, 0.717) is 22.2 Å². The van der Waals surface area contributed by atoms with Crippen LogP contribution in [0, 0.1) is 5.82 Å². The number of H-pyrrole nitrogens is 1. The summed E-state index contributed by atoms with van der Waals surface area (Å²) in [6.45, 7) is -0.598. The maximum atomic E-state index is 14.4. The lowest BCUT2D eigenvalue weighted by molar-refractivity contribution is 0.0942. The first-order valence-electron chi connectivity index (χ1n) is 8.65. The predicted octanol–water partition coefficient (Wildman–Crippen LogP) is 4.09. The Labute approximate surface area is 159 Å². The van der Waals surface area contributed by atoms with Crippen molar-refractivity contribution in [2.75, 3.05) is 0 Å². The molecule has 2 heterocycles. The van der Waals surface area contributed by atoms with Gasteiger partial charge in [-0.1, -0.05) is 24.3 Å². The number of hydrogen-bond donors (Lipinski definition) is 2. The number of aromatic amines is 1. The van der Waals surface area contributed by atoms with Gasteiger partial charge in [-0.2, -0.15) is 0 Å². The fraction of sp³-hybridized carbons (Fsp3) is 0.0952. The van der Waals surface area contributed by atoms with Crippen molar-refractivity contribution in [1.29, 1.82) is 0 Å². The molecule has 28 heavy (non-hydrogen) atoms. The molecule has 0 bridgehead atoms. The molecule has 0 aliphatic rings. The third-order valence-electron chi connectivity index (χ3n) is 4.49. The van der Waals surface area contributed by atoms with Gasteiger partial charge in [0.15, 0.2) is 0 Å². The molecule has 5 nitrogen and oxygen atoms in total. The van der Waals surface area contributed by atoms with E-state index < -0.39 is 24.4 Å². The number of aromatic nitrogens is 3. The summed E-state index contributed by atoms with van der Waals surface area (Å²) in [5, 5.41) is 2.83. The fourth-order valence-corrected chi connectivity index (χ4v) is 3.01. The summed E-state index contributed by atoms with van der Waals surface area (Å²) in [6, 6.07) is 13.5. The number of pyridine rings is 1. The highest BCUT2D eigenvalue weighted by Crippen LogP contribution is 2.24. The van der Waals surface area contributed by atoms with Gasteiger partial charge in [-0.25, -0.2) is 13.8 Å². The second kappa shape index (κ2) is 7.56. The molecule has 0 unspecified atom stereocenters. The SMILES string of the molecule is O=C(N[C@@H](c1ccc(CF)cc1)c1ncccc1F)c1ccc2[nH]cnc2c1. The van der Waals surface area contributed by atoms with Crippen LogP contribution < -0.4 is 5.32 Å². The number of imidazole rings is 1. The number of rotatable bonds is 5. The molecule has 1 amide bonds. The Morgan fingerprint density at radius 2 is 1.93 bits per heavy atom. The number of hydrogen-bond acceptors (Lipinski definition) is 3. The molecule has 0 fully saturated rings. The lowest BCUT2D eigenvalue weighted by atomic mass is 10.0. The summed E-state index contributed by atoms with van der Waals surface area (Å²) in [7, 11) is 0. The molecule has 0 saturated carbocycles. The number of benzene rings is 2. The zero-order chi connectivity index (χ0) is 19.5. The van der Waals surface area contributed by atoms with Crippen molar-refractivity contribution in [1.82, 2.24) is 20.3 Å². The van der Waals surface area contributed by atoms with Crippen molar-refractivity contribution in [3.63, 3.8) is 0 Å². The Morgan fingerprint density at radius 3 is 2.68 bits per heavy atom. The van der Waals surface area contributed by atoms with Crippen molar-refractivity contribution in [2.24, 2.45) is 0 Å². The number of nitrogens with one attached hydrogen (secondary N) is 2. The van der Waals surface area contributed by atoms with Crippen molar-refractivity contribution >= 4 is 16.9 Å². The standard InChI is InChI=1S/C21H16F2N4O/c22-11-13-3-5-14(6-4-13)19(20-16(23)2-1-9-24-20)27-21(28)15-7-8-17-18(10-15)26-12-25-17/h1-10,12,19H,11H2,(H,25,26)(H,27,28)/t19-/m0/s1. The fourth-order valence-electron chi connectivity index (χ4n) is 3.01. The van der Waals surface area contributed by atoms with E-state index in [4.69, 9.17) is 0 Å². The van der Waals surface area contributed by atoms with Gasteiger partial charge in [-0.3, -0.25) is 9.78 Å². The predicted molar refractivity (Wildman–Crippen MR) is 101 cm³/mol. The largest absolute Gasteiger partial charge is 0.345 e. The molecule has 4 rings (SSSR count). The van der Waals surface area contributed by atoms with Crippen molar-refractivity contribution < 1.29 is 13.6 Å². The zero-order valence-corrected chi connectivity index (χ0v) is 14.7. The van der Waals surface area contributed by atoms with Crippen LogP contribution in [0.25, 0.3) is 11.0 Å². The van der Waals surface area contributed by atoms with Gasteiger partial charge in [-0.15, -0.1) is 0 Å². The number of fused-ring (bicyclic) bond motifs is 1. The highest BCUT2D eigenvalue weighted by Gasteiger charge is 2.22. The van der Waals surface area contributed by atoms with Crippen LogP contribution >= 0.6 is 0 Å². The Hall–Kier alpha value is -3.61. The molecule has 4 aromatic rings. The average molecular weight is 378 g/mol. The minimum atomic E-state index is -0.822. The zero-order valence-electron chi connectivity index (χ0n) is 14.7. The number of carbonyl (C=O) groups is 1. The van der Waals surface area contributed by atoms with Crippen LogP contribution in [-0.4, -0.2) is 20.9 Å². The Kier molecular flexibility index (Phi) is 4.80. The molecular formula is C21H16F2N4O. The molecule has 2 N–H and O–H groups in total. The van der Waals surface area contributed by atoms with E-state index in [-0.39, 0.29) is 5.69 Å². The molecule has 7 heteroatoms. The molecular weight excluding hydrogens is 362 g/mol. The molecule has 2 aromatic carbocycles. The third kappa shape index (κ3) is 3.46. The van der Waals surface area contributed by atoms with Gasteiger partial charge in [0.1, 0.15) is 18.2 Å². The highest BCUT2D eigenvalue weighted by molar-refractivity contribution is 5.97. The molecule has 0 spiro atoms. The summed E-state index contributed by atoms with van der Waals surface area (Å²) in [6.07, 6.45) is 3.01. The van der Waals surface area contributed by atoms with E-state index in [1.165, 1.54) is 18.3 Å². The Morgan fingerprint density at radius 1 is 1.11 bits per heavy atom. The van der Waals surface area contributed by atoms with Gasteiger partial charge in [0, 0.05) is 11.8 Å². The molecule has 0 aliphatic heterocycles. The van der Waals surface area contributed by atoms with Crippen LogP contribution in [0.15, 0.2) is 67.1 Å². The summed E-state index contributed by atoms with van der Waals surface area (Å²) in [5.41, 5.74) is 3.04. The van der Waals surface area contributed by atoms with Crippen LogP contribution in [0.1, 0.15) is 33.2 Å². The third-order valence-corrected chi connectivity index (χ3v) is 4.49. The first-order valence-corrected chi connectivity index (χ1v) is 8.65.